The largest absolute Gasteiger partial charge is 0.349 e. The molecule has 2 aromatic rings. The molecule has 1 aromatic carbocycles. The van der Waals surface area contributed by atoms with Crippen LogP contribution in [0.15, 0.2) is 24.3 Å². The average molecular weight is 338 g/mol. The van der Waals surface area contributed by atoms with E-state index in [-0.39, 0.29) is 11.8 Å². The summed E-state index contributed by atoms with van der Waals surface area (Å²) >= 11 is 0. The van der Waals surface area contributed by atoms with Gasteiger partial charge in [-0.2, -0.15) is 0 Å². The van der Waals surface area contributed by atoms with Crippen LogP contribution in [-0.4, -0.2) is 58.2 Å². The zero-order chi connectivity index (χ0) is 17.1. The third-order valence-electron chi connectivity index (χ3n) is 6.02. The Hall–Kier alpha value is -2.44. The number of carbonyl (C=O) groups excluding carboxylic acids is 1. The van der Waals surface area contributed by atoms with E-state index in [9.17, 15) is 4.79 Å². The summed E-state index contributed by atoms with van der Waals surface area (Å²) < 4.78 is 2.01. The van der Waals surface area contributed by atoms with Gasteiger partial charge in [-0.1, -0.05) is 29.4 Å². The van der Waals surface area contributed by atoms with Crippen LogP contribution in [0.25, 0.3) is 0 Å². The quantitative estimate of drug-likeness (QED) is 0.838. The monoisotopic (exact) mass is 338 g/mol. The molecule has 1 aliphatic heterocycles. The lowest BCUT2D eigenvalue weighted by molar-refractivity contribution is -0.132. The molecule has 0 bridgehead atoms. The van der Waals surface area contributed by atoms with Crippen molar-refractivity contribution in [3.8, 4) is 0 Å². The van der Waals surface area contributed by atoms with Gasteiger partial charge >= 0.3 is 0 Å². The number of benzene rings is 1. The summed E-state index contributed by atoms with van der Waals surface area (Å²) in [5.41, 5.74) is 2.93. The Morgan fingerprint density at radius 3 is 2.96 bits per heavy atom. The minimum absolute atomic E-state index is 0.0413. The van der Waals surface area contributed by atoms with Gasteiger partial charge in [0.05, 0.1) is 12.0 Å². The van der Waals surface area contributed by atoms with Crippen molar-refractivity contribution in [1.82, 2.24) is 25.1 Å². The highest BCUT2D eigenvalue weighted by Gasteiger charge is 2.58. The predicted molar refractivity (Wildman–Crippen MR) is 92.2 cm³/mol. The van der Waals surface area contributed by atoms with Crippen LogP contribution in [0.5, 0.6) is 0 Å². The molecule has 1 amide bonds. The van der Waals surface area contributed by atoms with Gasteiger partial charge in [0.2, 0.25) is 11.9 Å². The molecule has 3 aliphatic rings. The number of fused-ring (bicyclic) bond motifs is 3. The molecule has 25 heavy (non-hydrogen) atoms. The topological polar surface area (TPSA) is 67.2 Å². The standard InChI is InChI=1S/C18H22N6O/c1-22(2)17(25)12-7-8-23(10-12)18-19-20-21-24(18)16-14-9-11-5-3-4-6-13(11)15(14)16/h3-6,12,14-16H,7-10H2,1-2H3/t12?,14-,15+,16+/m0/s1. The van der Waals surface area contributed by atoms with E-state index in [1.54, 1.807) is 4.90 Å². The van der Waals surface area contributed by atoms with E-state index in [1.807, 2.05) is 18.8 Å². The Kier molecular flexibility index (Phi) is 3.14. The second kappa shape index (κ2) is 5.28. The lowest BCUT2D eigenvalue weighted by Gasteiger charge is -2.19. The Bertz CT molecular complexity index is 830. The minimum Gasteiger partial charge on any atom is -0.349 e. The van der Waals surface area contributed by atoms with Gasteiger partial charge in [-0.05, 0) is 40.3 Å². The Morgan fingerprint density at radius 1 is 1.28 bits per heavy atom. The number of amides is 1. The van der Waals surface area contributed by atoms with Gasteiger partial charge in [-0.15, -0.1) is 0 Å². The first-order valence-electron chi connectivity index (χ1n) is 8.97. The fraction of sp³-hybridized carbons (Fsp3) is 0.556. The summed E-state index contributed by atoms with van der Waals surface area (Å²) in [4.78, 5) is 16.1. The normalized spacial score (nSPS) is 29.4. The van der Waals surface area contributed by atoms with Gasteiger partial charge in [0.25, 0.3) is 0 Å². The molecule has 7 nitrogen and oxygen atoms in total. The molecule has 2 heterocycles. The van der Waals surface area contributed by atoms with Crippen LogP contribution < -0.4 is 4.90 Å². The molecule has 7 heteroatoms. The van der Waals surface area contributed by atoms with Gasteiger partial charge in [-0.25, -0.2) is 4.68 Å². The zero-order valence-electron chi connectivity index (χ0n) is 14.5. The molecule has 130 valence electrons. The second-order valence-corrected chi connectivity index (χ2v) is 7.67. The predicted octanol–water partition coefficient (Wildman–Crippen LogP) is 1.10. The number of anilines is 1. The van der Waals surface area contributed by atoms with Crippen molar-refractivity contribution < 1.29 is 4.79 Å². The van der Waals surface area contributed by atoms with Crippen LogP contribution in [-0.2, 0) is 11.2 Å². The van der Waals surface area contributed by atoms with Gasteiger partial charge in [0.1, 0.15) is 0 Å². The number of nitrogens with zero attached hydrogens (tertiary/aromatic N) is 6. The van der Waals surface area contributed by atoms with Crippen molar-refractivity contribution in [3.63, 3.8) is 0 Å². The fourth-order valence-electron chi connectivity index (χ4n) is 4.75. The van der Waals surface area contributed by atoms with Crippen molar-refractivity contribution in [3.05, 3.63) is 35.4 Å². The van der Waals surface area contributed by atoms with Crippen molar-refractivity contribution in [1.29, 1.82) is 0 Å². The lowest BCUT2D eigenvalue weighted by Crippen LogP contribution is -2.32. The summed E-state index contributed by atoms with van der Waals surface area (Å²) in [6.45, 7) is 1.54. The summed E-state index contributed by atoms with van der Waals surface area (Å²) in [7, 11) is 3.63. The van der Waals surface area contributed by atoms with Crippen LogP contribution in [0, 0.1) is 11.8 Å². The third-order valence-corrected chi connectivity index (χ3v) is 6.02. The first kappa shape index (κ1) is 14.9. The smallest absolute Gasteiger partial charge is 0.245 e. The highest BCUT2D eigenvalue weighted by atomic mass is 16.2. The SMILES string of the molecule is CN(C)C(=O)C1CCN(c2nnnn2[C@@H]2[C@H]3Cc4ccccc4[C@H]32)C1. The first-order valence-corrected chi connectivity index (χ1v) is 8.97. The number of hydrogen-bond donors (Lipinski definition) is 0. The van der Waals surface area contributed by atoms with Crippen LogP contribution in [0.4, 0.5) is 5.95 Å². The molecule has 1 aromatic heterocycles. The van der Waals surface area contributed by atoms with Crippen molar-refractivity contribution in [2.24, 2.45) is 11.8 Å². The van der Waals surface area contributed by atoms with Crippen LogP contribution in [0.1, 0.15) is 29.5 Å². The molecule has 1 unspecified atom stereocenters. The molecule has 4 atom stereocenters. The molecule has 0 spiro atoms. The number of rotatable bonds is 3. The van der Waals surface area contributed by atoms with E-state index in [4.69, 9.17) is 0 Å². The van der Waals surface area contributed by atoms with Gasteiger partial charge in [0.15, 0.2) is 0 Å². The molecular weight excluding hydrogens is 316 g/mol. The first-order chi connectivity index (χ1) is 12.1. The van der Waals surface area contributed by atoms with Crippen LogP contribution in [0.3, 0.4) is 0 Å². The van der Waals surface area contributed by atoms with E-state index in [1.165, 1.54) is 11.1 Å². The van der Waals surface area contributed by atoms with Gasteiger partial charge < -0.3 is 9.80 Å². The summed E-state index contributed by atoms with van der Waals surface area (Å²) in [6.07, 6.45) is 1.98. The summed E-state index contributed by atoms with van der Waals surface area (Å²) in [5.74, 6) is 2.21. The zero-order valence-corrected chi connectivity index (χ0v) is 14.5. The number of carbonyl (C=O) groups is 1. The maximum Gasteiger partial charge on any atom is 0.245 e. The third kappa shape index (κ3) is 2.18. The van der Waals surface area contributed by atoms with Gasteiger partial charge in [-0.3, -0.25) is 4.79 Å². The molecule has 1 saturated carbocycles. The maximum atomic E-state index is 12.2. The minimum atomic E-state index is 0.0413. The Balaban J connectivity index is 1.36. The summed E-state index contributed by atoms with van der Waals surface area (Å²) in [5, 5.41) is 12.5. The lowest BCUT2D eigenvalue weighted by atomic mass is 10.1. The Labute approximate surface area is 146 Å². The number of aromatic nitrogens is 4. The maximum absolute atomic E-state index is 12.2. The molecule has 5 rings (SSSR count). The van der Waals surface area contributed by atoms with E-state index >= 15 is 0 Å². The fourth-order valence-corrected chi connectivity index (χ4v) is 4.75. The van der Waals surface area contributed by atoms with E-state index in [0.29, 0.717) is 24.4 Å². The molecule has 0 N–H and O–H groups in total. The average Bonchev–Trinajstić information content (AvgIpc) is 3.07. The van der Waals surface area contributed by atoms with Crippen LogP contribution in [0.2, 0.25) is 0 Å². The molecular formula is C18H22N6O. The van der Waals surface area contributed by atoms with E-state index < -0.39 is 0 Å². The highest BCUT2D eigenvalue weighted by Crippen LogP contribution is 2.64. The Morgan fingerprint density at radius 2 is 2.12 bits per heavy atom. The van der Waals surface area contributed by atoms with Crippen molar-refractivity contribution in [2.45, 2.75) is 24.8 Å². The van der Waals surface area contributed by atoms with Crippen molar-refractivity contribution in [2.75, 3.05) is 32.1 Å². The van der Waals surface area contributed by atoms with Crippen LogP contribution >= 0.6 is 0 Å². The number of tetrazole rings is 1. The van der Waals surface area contributed by atoms with Crippen molar-refractivity contribution >= 4 is 11.9 Å². The molecule has 2 aliphatic carbocycles. The van der Waals surface area contributed by atoms with E-state index in [0.717, 1.165) is 25.3 Å². The molecule has 2 fully saturated rings. The highest BCUT2D eigenvalue weighted by molar-refractivity contribution is 5.79. The molecule has 1 saturated heterocycles. The van der Waals surface area contributed by atoms with Gasteiger partial charge in [0, 0.05) is 33.1 Å². The molecule has 0 radical (unpaired) electrons. The number of hydrogen-bond acceptors (Lipinski definition) is 5. The van der Waals surface area contributed by atoms with E-state index in [2.05, 4.69) is 44.7 Å². The second-order valence-electron chi connectivity index (χ2n) is 7.67. The summed E-state index contributed by atoms with van der Waals surface area (Å²) in [6, 6.07) is 9.08.